The Morgan fingerprint density at radius 3 is 2.76 bits per heavy atom. The number of likely N-dealkylation sites (tertiary alicyclic amines) is 1. The van der Waals surface area contributed by atoms with Crippen LogP contribution in [0.15, 0.2) is 34.2 Å². The van der Waals surface area contributed by atoms with Gasteiger partial charge < -0.3 is 4.90 Å². The minimum atomic E-state index is -3.56. The van der Waals surface area contributed by atoms with Gasteiger partial charge in [-0.05, 0) is 36.8 Å². The Hall–Kier alpha value is -1.89. The summed E-state index contributed by atoms with van der Waals surface area (Å²) in [4.78, 5) is 19.0. The van der Waals surface area contributed by atoms with Gasteiger partial charge in [-0.2, -0.15) is 0 Å². The third-order valence-corrected chi connectivity index (χ3v) is 5.98. The maximum absolute atomic E-state index is 12.6. The van der Waals surface area contributed by atoms with Gasteiger partial charge in [-0.25, -0.2) is 8.42 Å². The third kappa shape index (κ3) is 3.86. The molecule has 7 heteroatoms. The van der Waals surface area contributed by atoms with E-state index in [-0.39, 0.29) is 34.6 Å². The predicted molar refractivity (Wildman–Crippen MR) is 97.0 cm³/mol. The van der Waals surface area contributed by atoms with Gasteiger partial charge in [-0.15, -0.1) is 0 Å². The molecule has 1 aromatic rings. The summed E-state index contributed by atoms with van der Waals surface area (Å²) in [5.74, 6) is 0.221. The van der Waals surface area contributed by atoms with E-state index in [1.54, 1.807) is 24.3 Å². The highest BCUT2D eigenvalue weighted by molar-refractivity contribution is 7.90. The van der Waals surface area contributed by atoms with Gasteiger partial charge in [0.15, 0.2) is 0 Å². The molecule has 136 valence electrons. The molecule has 6 nitrogen and oxygen atoms in total. The molecule has 2 heterocycles. The number of sulfonamides is 1. The summed E-state index contributed by atoms with van der Waals surface area (Å²) in [5, 5.41) is 0. The molecule has 1 saturated heterocycles. The van der Waals surface area contributed by atoms with Crippen molar-refractivity contribution in [3.63, 3.8) is 0 Å². The zero-order chi connectivity index (χ0) is 18.2. The summed E-state index contributed by atoms with van der Waals surface area (Å²) < 4.78 is 26.6. The fourth-order valence-corrected chi connectivity index (χ4v) is 4.82. The van der Waals surface area contributed by atoms with Crippen LogP contribution >= 0.6 is 0 Å². The summed E-state index contributed by atoms with van der Waals surface area (Å²) in [6.07, 6.45) is 3.00. The highest BCUT2D eigenvalue weighted by atomic mass is 32.2. The van der Waals surface area contributed by atoms with Crippen LogP contribution in [0.5, 0.6) is 0 Å². The molecule has 3 rings (SSSR count). The molecule has 0 bridgehead atoms. The first-order chi connectivity index (χ1) is 11.7. The van der Waals surface area contributed by atoms with E-state index < -0.39 is 10.0 Å². The number of hydrogen-bond acceptors (Lipinski definition) is 4. The first-order valence-electron chi connectivity index (χ1n) is 8.63. The Bertz CT molecular complexity index is 809. The molecule has 0 saturated carbocycles. The smallest absolute Gasteiger partial charge is 0.263 e. The molecule has 1 N–H and O–H groups in total. The van der Waals surface area contributed by atoms with Crippen LogP contribution in [0.2, 0.25) is 0 Å². The second kappa shape index (κ2) is 6.44. The Balaban J connectivity index is 1.73. The van der Waals surface area contributed by atoms with Crippen molar-refractivity contribution >= 4 is 21.8 Å². The molecule has 0 spiro atoms. The largest absolute Gasteiger partial charge is 0.338 e. The maximum atomic E-state index is 12.6. The van der Waals surface area contributed by atoms with Crippen LogP contribution in [-0.2, 0) is 14.8 Å². The number of aliphatic imine (C=N–C) groups is 1. The predicted octanol–water partition coefficient (Wildman–Crippen LogP) is 2.15. The third-order valence-electron chi connectivity index (χ3n) is 4.58. The highest BCUT2D eigenvalue weighted by Crippen LogP contribution is 2.30. The van der Waals surface area contributed by atoms with Crippen molar-refractivity contribution in [3.05, 3.63) is 29.8 Å². The zero-order valence-electron chi connectivity index (χ0n) is 14.9. The summed E-state index contributed by atoms with van der Waals surface area (Å²) >= 11 is 0. The fraction of sp³-hybridized carbons (Fsp3) is 0.556. The number of amides is 1. The molecule has 1 unspecified atom stereocenters. The summed E-state index contributed by atoms with van der Waals surface area (Å²) in [5.41, 5.74) is 0.697. The van der Waals surface area contributed by atoms with Crippen molar-refractivity contribution in [1.82, 2.24) is 9.62 Å². The molecule has 25 heavy (non-hydrogen) atoms. The van der Waals surface area contributed by atoms with E-state index in [2.05, 4.69) is 30.5 Å². The molecule has 1 aromatic carbocycles. The van der Waals surface area contributed by atoms with Gasteiger partial charge >= 0.3 is 0 Å². The van der Waals surface area contributed by atoms with E-state index in [1.807, 2.05) is 4.90 Å². The lowest BCUT2D eigenvalue weighted by molar-refractivity contribution is -0.130. The highest BCUT2D eigenvalue weighted by Gasteiger charge is 2.33. The molecule has 2 aliphatic heterocycles. The first kappa shape index (κ1) is 17.9. The molecular weight excluding hydrogens is 338 g/mol. The number of amidine groups is 1. The van der Waals surface area contributed by atoms with E-state index in [9.17, 15) is 13.2 Å². The average molecular weight is 363 g/mol. The molecule has 2 aliphatic rings. The summed E-state index contributed by atoms with van der Waals surface area (Å²) in [6.45, 7) is 7.26. The van der Waals surface area contributed by atoms with Gasteiger partial charge in [-0.3, -0.25) is 14.5 Å². The van der Waals surface area contributed by atoms with Crippen molar-refractivity contribution in [3.8, 4) is 0 Å². The first-order valence-corrected chi connectivity index (χ1v) is 10.1. The van der Waals surface area contributed by atoms with Gasteiger partial charge in [0.25, 0.3) is 10.0 Å². The molecule has 1 atom stereocenters. The van der Waals surface area contributed by atoms with Crippen LogP contribution in [0.4, 0.5) is 0 Å². The SMILES string of the molecule is CC(C)(C)CC1CCCN1C(=O)CN=C1NS(=O)(=O)c2ccccc21. The van der Waals surface area contributed by atoms with Gasteiger partial charge in [0.2, 0.25) is 5.91 Å². The standard InChI is InChI=1S/C18H25N3O3S/c1-18(2,3)11-13-7-6-10-21(13)16(22)12-19-17-14-8-4-5-9-15(14)25(23,24)20-17/h4-5,8-9,13H,6-7,10-12H2,1-3H3,(H,19,20). The van der Waals surface area contributed by atoms with E-state index >= 15 is 0 Å². The second-order valence-corrected chi connectivity index (χ2v) is 9.57. The van der Waals surface area contributed by atoms with Crippen LogP contribution < -0.4 is 4.72 Å². The van der Waals surface area contributed by atoms with E-state index in [0.29, 0.717) is 5.56 Å². The number of rotatable bonds is 3. The Morgan fingerprint density at radius 1 is 1.32 bits per heavy atom. The molecule has 0 aliphatic carbocycles. The number of hydrogen-bond donors (Lipinski definition) is 1. The number of nitrogens with zero attached hydrogens (tertiary/aromatic N) is 2. The number of carbonyl (C=O) groups is 1. The van der Waals surface area contributed by atoms with Crippen molar-refractivity contribution in [1.29, 1.82) is 0 Å². The Morgan fingerprint density at radius 2 is 2.04 bits per heavy atom. The summed E-state index contributed by atoms with van der Waals surface area (Å²) in [7, 11) is -3.56. The van der Waals surface area contributed by atoms with Crippen LogP contribution in [0, 0.1) is 5.41 Å². The van der Waals surface area contributed by atoms with Crippen LogP contribution in [0.3, 0.4) is 0 Å². The number of carbonyl (C=O) groups excluding carboxylic acids is 1. The van der Waals surface area contributed by atoms with Crippen LogP contribution in [0.1, 0.15) is 45.6 Å². The van der Waals surface area contributed by atoms with E-state index in [0.717, 1.165) is 25.8 Å². The van der Waals surface area contributed by atoms with Gasteiger partial charge in [-0.1, -0.05) is 32.9 Å². The lowest BCUT2D eigenvalue weighted by Gasteiger charge is -2.30. The molecular formula is C18H25N3O3S. The summed E-state index contributed by atoms with van der Waals surface area (Å²) in [6, 6.07) is 6.93. The molecule has 1 amide bonds. The number of fused-ring (bicyclic) bond motifs is 1. The minimum absolute atomic E-state index is 0.0349. The van der Waals surface area contributed by atoms with Gasteiger partial charge in [0, 0.05) is 18.2 Å². The maximum Gasteiger partial charge on any atom is 0.263 e. The fourth-order valence-electron chi connectivity index (χ4n) is 3.57. The minimum Gasteiger partial charge on any atom is -0.338 e. The van der Waals surface area contributed by atoms with Crippen LogP contribution in [0.25, 0.3) is 0 Å². The van der Waals surface area contributed by atoms with Crippen molar-refractivity contribution < 1.29 is 13.2 Å². The topological polar surface area (TPSA) is 78.8 Å². The Labute approximate surface area is 149 Å². The monoisotopic (exact) mass is 363 g/mol. The zero-order valence-corrected chi connectivity index (χ0v) is 15.8. The average Bonchev–Trinajstić information content (AvgIpc) is 3.06. The van der Waals surface area contributed by atoms with E-state index in [1.165, 1.54) is 0 Å². The quantitative estimate of drug-likeness (QED) is 0.894. The number of benzene rings is 1. The molecule has 1 fully saturated rings. The molecule has 0 radical (unpaired) electrons. The lowest BCUT2D eigenvalue weighted by atomic mass is 9.87. The molecule has 0 aromatic heterocycles. The second-order valence-electron chi connectivity index (χ2n) is 7.91. The van der Waals surface area contributed by atoms with Gasteiger partial charge in [0.1, 0.15) is 12.4 Å². The lowest BCUT2D eigenvalue weighted by Crippen LogP contribution is -2.39. The normalized spacial score (nSPS) is 23.6. The van der Waals surface area contributed by atoms with Crippen LogP contribution in [-0.4, -0.2) is 44.2 Å². The van der Waals surface area contributed by atoms with Crippen molar-refractivity contribution in [2.24, 2.45) is 10.4 Å². The Kier molecular flexibility index (Phi) is 4.62. The van der Waals surface area contributed by atoms with Gasteiger partial charge in [0.05, 0.1) is 4.90 Å². The van der Waals surface area contributed by atoms with Crippen molar-refractivity contribution in [2.45, 2.75) is 51.0 Å². The van der Waals surface area contributed by atoms with Crippen molar-refractivity contribution in [2.75, 3.05) is 13.1 Å². The number of nitrogens with one attached hydrogen (secondary N) is 1. The van der Waals surface area contributed by atoms with E-state index in [4.69, 9.17) is 0 Å².